The highest BCUT2D eigenvalue weighted by Gasteiger charge is 2.33. The Kier molecular flexibility index (Phi) is 5.06. The summed E-state index contributed by atoms with van der Waals surface area (Å²) in [4.78, 5) is 29.3. The number of aryl methyl sites for hydroxylation is 2. The number of esters is 1. The first-order valence-corrected chi connectivity index (χ1v) is 12.3. The SMILES string of the molecule is CCCOC(=O)c1ccc2[nH]c3c4c(c5c(c3c2c1)CNC5=O)-c1ccc(OC(C)C)cc1CC4. The van der Waals surface area contributed by atoms with Crippen molar-refractivity contribution in [3.05, 3.63) is 64.2 Å². The van der Waals surface area contributed by atoms with E-state index in [2.05, 4.69) is 22.4 Å². The molecule has 0 fully saturated rings. The molecule has 1 aliphatic heterocycles. The first-order valence-electron chi connectivity index (χ1n) is 12.3. The van der Waals surface area contributed by atoms with Crippen LogP contribution in [0.1, 0.15) is 64.6 Å². The molecule has 0 spiro atoms. The number of rotatable bonds is 5. The number of carbonyl (C=O) groups is 2. The van der Waals surface area contributed by atoms with E-state index in [-0.39, 0.29) is 18.0 Å². The van der Waals surface area contributed by atoms with E-state index >= 15 is 0 Å². The van der Waals surface area contributed by atoms with Gasteiger partial charge in [0.05, 0.1) is 29.4 Å². The predicted octanol–water partition coefficient (Wildman–Crippen LogP) is 5.68. The molecule has 2 N–H and O–H groups in total. The van der Waals surface area contributed by atoms with Crippen LogP contribution < -0.4 is 10.1 Å². The number of amides is 1. The number of carbonyl (C=O) groups excluding carboxylic acids is 2. The van der Waals surface area contributed by atoms with Crippen molar-refractivity contribution in [2.24, 2.45) is 0 Å². The Morgan fingerprint density at radius 3 is 2.71 bits per heavy atom. The molecular formula is C29H28N2O4. The predicted molar refractivity (Wildman–Crippen MR) is 136 cm³/mol. The van der Waals surface area contributed by atoms with Crippen molar-refractivity contribution in [3.8, 4) is 16.9 Å². The van der Waals surface area contributed by atoms with Gasteiger partial charge < -0.3 is 19.8 Å². The minimum absolute atomic E-state index is 0.0404. The molecular weight excluding hydrogens is 440 g/mol. The van der Waals surface area contributed by atoms with Gasteiger partial charge in [-0.15, -0.1) is 0 Å². The summed E-state index contributed by atoms with van der Waals surface area (Å²) in [5.41, 5.74) is 8.76. The molecule has 6 rings (SSSR count). The third-order valence-corrected chi connectivity index (χ3v) is 6.94. The lowest BCUT2D eigenvalue weighted by molar-refractivity contribution is 0.0505. The Hall–Kier alpha value is -3.80. The van der Waals surface area contributed by atoms with Crippen molar-refractivity contribution in [1.29, 1.82) is 0 Å². The number of hydrogen-bond donors (Lipinski definition) is 2. The molecule has 0 radical (unpaired) electrons. The van der Waals surface area contributed by atoms with Gasteiger partial charge in [0.15, 0.2) is 0 Å². The Morgan fingerprint density at radius 2 is 1.91 bits per heavy atom. The monoisotopic (exact) mass is 468 g/mol. The second-order valence-electron chi connectivity index (χ2n) is 9.65. The molecule has 0 atom stereocenters. The molecule has 0 unspecified atom stereocenters. The summed E-state index contributed by atoms with van der Waals surface area (Å²) in [7, 11) is 0. The lowest BCUT2D eigenvalue weighted by Crippen LogP contribution is -2.15. The van der Waals surface area contributed by atoms with Gasteiger partial charge in [-0.05, 0) is 85.7 Å². The molecule has 178 valence electrons. The third kappa shape index (κ3) is 3.39. The van der Waals surface area contributed by atoms with Gasteiger partial charge in [-0.3, -0.25) is 4.79 Å². The van der Waals surface area contributed by atoms with Crippen molar-refractivity contribution in [2.75, 3.05) is 6.61 Å². The minimum atomic E-state index is -0.319. The molecule has 1 amide bonds. The molecule has 1 aliphatic carbocycles. The zero-order valence-corrected chi connectivity index (χ0v) is 20.2. The van der Waals surface area contributed by atoms with E-state index in [4.69, 9.17) is 9.47 Å². The van der Waals surface area contributed by atoms with Gasteiger partial charge in [-0.25, -0.2) is 4.79 Å². The second kappa shape index (κ2) is 8.15. The summed E-state index contributed by atoms with van der Waals surface area (Å²) in [6.07, 6.45) is 2.58. The highest BCUT2D eigenvalue weighted by molar-refractivity contribution is 6.19. The quantitative estimate of drug-likeness (QED) is 0.369. The standard InChI is InChI=1S/C29H28N2O4/c1-4-11-34-29(33)17-6-10-23-21(13-17)25-22-14-30-28(32)26(22)24-19-9-7-18(35-15(2)3)12-16(19)5-8-20(24)27(25)31-23/h6-7,9-10,12-13,15,31H,4-5,8,11,14H2,1-3H3,(H,30,32). The molecule has 0 saturated heterocycles. The Bertz CT molecular complexity index is 1530. The van der Waals surface area contributed by atoms with Crippen LogP contribution in [-0.4, -0.2) is 29.6 Å². The van der Waals surface area contributed by atoms with Crippen LogP contribution in [0, 0.1) is 0 Å². The smallest absolute Gasteiger partial charge is 0.338 e. The molecule has 6 heteroatoms. The number of hydrogen-bond acceptors (Lipinski definition) is 4. The zero-order chi connectivity index (χ0) is 24.3. The second-order valence-corrected chi connectivity index (χ2v) is 9.65. The van der Waals surface area contributed by atoms with Crippen LogP contribution in [0.3, 0.4) is 0 Å². The Morgan fingerprint density at radius 1 is 1.06 bits per heavy atom. The summed E-state index contributed by atoms with van der Waals surface area (Å²) in [5.74, 6) is 0.499. The average molecular weight is 469 g/mol. The fourth-order valence-corrected chi connectivity index (χ4v) is 5.55. The van der Waals surface area contributed by atoms with Crippen molar-refractivity contribution in [1.82, 2.24) is 10.3 Å². The van der Waals surface area contributed by atoms with Crippen LogP contribution >= 0.6 is 0 Å². The number of H-pyrrole nitrogens is 1. The van der Waals surface area contributed by atoms with Crippen LogP contribution in [0.2, 0.25) is 0 Å². The van der Waals surface area contributed by atoms with Gasteiger partial charge in [-0.2, -0.15) is 0 Å². The van der Waals surface area contributed by atoms with Gasteiger partial charge in [-0.1, -0.05) is 13.0 Å². The lowest BCUT2D eigenvalue weighted by atomic mass is 9.80. The van der Waals surface area contributed by atoms with Crippen LogP contribution in [0.25, 0.3) is 32.9 Å². The highest BCUT2D eigenvalue weighted by Crippen LogP contribution is 2.46. The molecule has 2 heterocycles. The van der Waals surface area contributed by atoms with Crippen molar-refractivity contribution >= 4 is 33.7 Å². The molecule has 3 aromatic carbocycles. The van der Waals surface area contributed by atoms with E-state index in [0.29, 0.717) is 18.7 Å². The van der Waals surface area contributed by atoms with Gasteiger partial charge in [0.2, 0.25) is 0 Å². The number of aromatic nitrogens is 1. The van der Waals surface area contributed by atoms with Crippen molar-refractivity contribution in [2.45, 2.75) is 52.7 Å². The first-order chi connectivity index (χ1) is 17.0. The van der Waals surface area contributed by atoms with E-state index < -0.39 is 0 Å². The number of benzene rings is 3. The summed E-state index contributed by atoms with van der Waals surface area (Å²) >= 11 is 0. The average Bonchev–Trinajstić information content (AvgIpc) is 3.41. The summed E-state index contributed by atoms with van der Waals surface area (Å²) in [6, 6.07) is 11.8. The van der Waals surface area contributed by atoms with Crippen LogP contribution in [0.5, 0.6) is 5.75 Å². The number of nitrogens with one attached hydrogen (secondary N) is 2. The normalized spacial score (nSPS) is 14.1. The van der Waals surface area contributed by atoms with Crippen LogP contribution in [0.15, 0.2) is 36.4 Å². The van der Waals surface area contributed by atoms with Crippen molar-refractivity contribution in [3.63, 3.8) is 0 Å². The number of fused-ring (bicyclic) bond motifs is 10. The Balaban J connectivity index is 1.58. The molecule has 1 aromatic heterocycles. The maximum atomic E-state index is 13.1. The Labute approximate surface area is 203 Å². The maximum Gasteiger partial charge on any atom is 0.338 e. The van der Waals surface area contributed by atoms with E-state index in [0.717, 1.165) is 74.6 Å². The van der Waals surface area contributed by atoms with Crippen molar-refractivity contribution < 1.29 is 19.1 Å². The van der Waals surface area contributed by atoms with Crippen LogP contribution in [0.4, 0.5) is 0 Å². The molecule has 35 heavy (non-hydrogen) atoms. The van der Waals surface area contributed by atoms with E-state index in [1.807, 2.05) is 39.0 Å². The largest absolute Gasteiger partial charge is 0.491 e. The first kappa shape index (κ1) is 21.7. The van der Waals surface area contributed by atoms with E-state index in [9.17, 15) is 9.59 Å². The molecule has 0 bridgehead atoms. The molecule has 0 saturated carbocycles. The number of ether oxygens (including phenoxy) is 2. The highest BCUT2D eigenvalue weighted by atomic mass is 16.5. The minimum Gasteiger partial charge on any atom is -0.491 e. The topological polar surface area (TPSA) is 80.4 Å². The summed E-state index contributed by atoms with van der Waals surface area (Å²) in [5, 5.41) is 5.03. The van der Waals surface area contributed by atoms with Gasteiger partial charge >= 0.3 is 5.97 Å². The third-order valence-electron chi connectivity index (χ3n) is 6.94. The molecule has 2 aliphatic rings. The van der Waals surface area contributed by atoms with Crippen LogP contribution in [-0.2, 0) is 24.1 Å². The maximum absolute atomic E-state index is 13.1. The fourth-order valence-electron chi connectivity index (χ4n) is 5.55. The summed E-state index contributed by atoms with van der Waals surface area (Å²) < 4.78 is 11.3. The van der Waals surface area contributed by atoms with Gasteiger partial charge in [0.25, 0.3) is 5.91 Å². The molecule has 4 aromatic rings. The van der Waals surface area contributed by atoms with Gasteiger partial charge in [0.1, 0.15) is 5.75 Å². The molecule has 6 nitrogen and oxygen atoms in total. The van der Waals surface area contributed by atoms with E-state index in [1.54, 1.807) is 6.07 Å². The van der Waals surface area contributed by atoms with E-state index in [1.165, 1.54) is 5.56 Å². The lowest BCUT2D eigenvalue weighted by Gasteiger charge is -2.24. The summed E-state index contributed by atoms with van der Waals surface area (Å²) in [6.45, 7) is 6.89. The fraction of sp³-hybridized carbons (Fsp3) is 0.310. The zero-order valence-electron chi connectivity index (χ0n) is 20.2. The van der Waals surface area contributed by atoms with Gasteiger partial charge in [0, 0.05) is 28.4 Å². The number of aromatic amines is 1.